The summed E-state index contributed by atoms with van der Waals surface area (Å²) in [6, 6.07) is 1.48. The molecule has 1 N–H and O–H groups in total. The zero-order chi connectivity index (χ0) is 11.4. The lowest BCUT2D eigenvalue weighted by molar-refractivity contribution is 0.219. The Morgan fingerprint density at radius 1 is 1.43 bits per heavy atom. The van der Waals surface area contributed by atoms with Crippen molar-refractivity contribution in [1.29, 1.82) is 5.41 Å². The van der Waals surface area contributed by atoms with Crippen LogP contribution in [0.25, 0.3) is 0 Å². The van der Waals surface area contributed by atoms with Gasteiger partial charge in [-0.1, -0.05) is 13.8 Å². The maximum atomic E-state index is 13.3. The molecule has 0 unspecified atom stereocenters. The fraction of sp³-hybridized carbons (Fsp3) is 0.600. The van der Waals surface area contributed by atoms with Crippen molar-refractivity contribution in [1.82, 2.24) is 9.78 Å². The van der Waals surface area contributed by atoms with E-state index in [0.29, 0.717) is 5.56 Å². The third-order valence-corrected chi connectivity index (χ3v) is 1.70. The first-order valence-electron chi connectivity index (χ1n) is 4.68. The number of hydrogen-bond donors (Lipinski definition) is 1. The van der Waals surface area contributed by atoms with Gasteiger partial charge in [0.05, 0.1) is 6.20 Å². The van der Waals surface area contributed by atoms with E-state index in [4.69, 9.17) is 5.41 Å². The van der Waals surface area contributed by atoms with Gasteiger partial charge in [-0.05, 0) is 19.9 Å². The molecule has 0 spiro atoms. The topological polar surface area (TPSA) is 41.7 Å². The molecule has 14 heavy (non-hydrogen) atoms. The van der Waals surface area contributed by atoms with E-state index in [9.17, 15) is 4.39 Å². The van der Waals surface area contributed by atoms with Crippen molar-refractivity contribution in [2.75, 3.05) is 0 Å². The molecule has 0 aliphatic rings. The molecule has 0 aliphatic carbocycles. The van der Waals surface area contributed by atoms with Gasteiger partial charge >= 0.3 is 0 Å². The van der Waals surface area contributed by atoms with Crippen molar-refractivity contribution in [3.05, 3.63) is 23.3 Å². The molecule has 3 nitrogen and oxygen atoms in total. The Bertz CT molecular complexity index is 336. The quantitative estimate of drug-likeness (QED) is 0.739. The minimum atomic E-state index is -1.42. The van der Waals surface area contributed by atoms with Crippen LogP contribution in [-0.2, 0) is 12.7 Å². The van der Waals surface area contributed by atoms with E-state index in [0.717, 1.165) is 0 Å². The Morgan fingerprint density at radius 2 is 1.93 bits per heavy atom. The third-order valence-electron chi connectivity index (χ3n) is 1.70. The van der Waals surface area contributed by atoms with Crippen LogP contribution in [0, 0.1) is 5.41 Å². The first-order chi connectivity index (χ1) is 6.41. The van der Waals surface area contributed by atoms with E-state index in [1.165, 1.54) is 30.8 Å². The van der Waals surface area contributed by atoms with Gasteiger partial charge in [-0.15, -0.1) is 0 Å². The average Bonchev–Trinajstić information content (AvgIpc) is 2.11. The molecule has 0 atom stereocenters. The van der Waals surface area contributed by atoms with Gasteiger partial charge in [0, 0.05) is 12.6 Å². The molecule has 0 bridgehead atoms. The molecule has 4 heteroatoms. The van der Waals surface area contributed by atoms with E-state index in [2.05, 4.69) is 5.10 Å². The lowest BCUT2D eigenvalue weighted by Crippen LogP contribution is -2.22. The van der Waals surface area contributed by atoms with Crippen molar-refractivity contribution in [3.8, 4) is 0 Å². The summed E-state index contributed by atoms with van der Waals surface area (Å²) in [5, 5.41) is 11.2. The standard InChI is InChI=1S/C8H12FN3.C2H6/c1-8(2,9)6-4-7(10)12(3)11-5-6;1-2/h4-5,10H,1-3H3;1-2H3. The van der Waals surface area contributed by atoms with Gasteiger partial charge in [0.1, 0.15) is 11.2 Å². The number of nitrogens with one attached hydrogen (secondary N) is 1. The molecule has 0 saturated carbocycles. The van der Waals surface area contributed by atoms with Crippen molar-refractivity contribution in [2.24, 2.45) is 7.05 Å². The van der Waals surface area contributed by atoms with Gasteiger partial charge in [0.15, 0.2) is 0 Å². The smallest absolute Gasteiger partial charge is 0.141 e. The molecule has 1 aromatic rings. The van der Waals surface area contributed by atoms with Crippen LogP contribution in [0.4, 0.5) is 4.39 Å². The van der Waals surface area contributed by atoms with Crippen LogP contribution >= 0.6 is 0 Å². The first-order valence-corrected chi connectivity index (χ1v) is 4.68. The second kappa shape index (κ2) is 4.88. The molecule has 0 amide bonds. The largest absolute Gasteiger partial charge is 0.283 e. The molecule has 0 radical (unpaired) electrons. The lowest BCUT2D eigenvalue weighted by Gasteiger charge is -2.13. The van der Waals surface area contributed by atoms with Crippen LogP contribution in [-0.4, -0.2) is 9.78 Å². The van der Waals surface area contributed by atoms with Crippen molar-refractivity contribution < 1.29 is 4.39 Å². The monoisotopic (exact) mass is 199 g/mol. The summed E-state index contributed by atoms with van der Waals surface area (Å²) in [5.41, 5.74) is -0.777. The molecule has 0 fully saturated rings. The third kappa shape index (κ3) is 3.28. The number of rotatable bonds is 1. The van der Waals surface area contributed by atoms with Gasteiger partial charge in [0.2, 0.25) is 0 Å². The summed E-state index contributed by atoms with van der Waals surface area (Å²) in [7, 11) is 1.65. The van der Waals surface area contributed by atoms with Gasteiger partial charge in [-0.3, -0.25) is 10.1 Å². The molecule has 1 heterocycles. The maximum absolute atomic E-state index is 13.3. The summed E-state index contributed by atoms with van der Waals surface area (Å²) < 4.78 is 14.7. The van der Waals surface area contributed by atoms with Crippen LogP contribution in [0.5, 0.6) is 0 Å². The summed E-state index contributed by atoms with van der Waals surface area (Å²) >= 11 is 0. The van der Waals surface area contributed by atoms with Gasteiger partial charge in [-0.2, -0.15) is 5.10 Å². The fourth-order valence-electron chi connectivity index (χ4n) is 0.814. The van der Waals surface area contributed by atoms with Gasteiger partial charge in [-0.25, -0.2) is 4.39 Å². The Hall–Kier alpha value is -1.19. The van der Waals surface area contributed by atoms with Crippen LogP contribution in [0.1, 0.15) is 33.3 Å². The second-order valence-electron chi connectivity index (χ2n) is 3.23. The number of alkyl halides is 1. The number of hydrogen-bond acceptors (Lipinski definition) is 2. The molecule has 0 saturated heterocycles. The lowest BCUT2D eigenvalue weighted by atomic mass is 10.0. The predicted octanol–water partition coefficient (Wildman–Crippen LogP) is 2.13. The van der Waals surface area contributed by atoms with E-state index >= 15 is 0 Å². The molecule has 0 aromatic carbocycles. The zero-order valence-corrected chi connectivity index (χ0v) is 9.43. The van der Waals surface area contributed by atoms with Crippen molar-refractivity contribution in [2.45, 2.75) is 33.4 Å². The second-order valence-corrected chi connectivity index (χ2v) is 3.23. The predicted molar refractivity (Wildman–Crippen MR) is 54.5 cm³/mol. The Labute approximate surface area is 84.1 Å². The highest BCUT2D eigenvalue weighted by Gasteiger charge is 2.18. The van der Waals surface area contributed by atoms with Crippen LogP contribution in [0.3, 0.4) is 0 Å². The normalized spacial score (nSPS) is 10.4. The number of nitrogens with zero attached hydrogens (tertiary/aromatic N) is 2. The Morgan fingerprint density at radius 3 is 2.29 bits per heavy atom. The number of aromatic nitrogens is 2. The SMILES string of the molecule is CC.Cn1ncc(C(C)(C)F)cc1=N. The molecule has 0 aliphatic heterocycles. The average molecular weight is 199 g/mol. The minimum Gasteiger partial charge on any atom is -0.283 e. The summed E-state index contributed by atoms with van der Waals surface area (Å²) in [6.07, 6.45) is 1.44. The van der Waals surface area contributed by atoms with E-state index < -0.39 is 5.67 Å². The molecule has 1 rings (SSSR count). The molecule has 1 aromatic heterocycles. The van der Waals surface area contributed by atoms with Gasteiger partial charge in [0.25, 0.3) is 0 Å². The highest BCUT2D eigenvalue weighted by molar-refractivity contribution is 5.13. The summed E-state index contributed by atoms with van der Waals surface area (Å²) in [5.74, 6) is 0. The molecule has 80 valence electrons. The van der Waals surface area contributed by atoms with E-state index in [-0.39, 0.29) is 5.49 Å². The zero-order valence-electron chi connectivity index (χ0n) is 9.43. The Kier molecular flexibility index (Phi) is 4.47. The minimum absolute atomic E-state index is 0.207. The van der Waals surface area contributed by atoms with Crippen LogP contribution in [0.2, 0.25) is 0 Å². The fourth-order valence-corrected chi connectivity index (χ4v) is 0.814. The van der Waals surface area contributed by atoms with E-state index in [1.54, 1.807) is 7.05 Å². The maximum Gasteiger partial charge on any atom is 0.141 e. The van der Waals surface area contributed by atoms with Crippen molar-refractivity contribution >= 4 is 0 Å². The van der Waals surface area contributed by atoms with Crippen molar-refractivity contribution in [3.63, 3.8) is 0 Å². The summed E-state index contributed by atoms with van der Waals surface area (Å²) in [4.78, 5) is 0. The number of aryl methyl sites for hydroxylation is 1. The first kappa shape index (κ1) is 12.8. The highest BCUT2D eigenvalue weighted by atomic mass is 19.1. The summed E-state index contributed by atoms with van der Waals surface area (Å²) in [6.45, 7) is 6.90. The van der Waals surface area contributed by atoms with Crippen LogP contribution in [0.15, 0.2) is 12.3 Å². The number of halogens is 1. The van der Waals surface area contributed by atoms with Gasteiger partial charge < -0.3 is 0 Å². The van der Waals surface area contributed by atoms with E-state index in [1.807, 2.05) is 13.8 Å². The Balaban J connectivity index is 0.000000791. The molecular weight excluding hydrogens is 181 g/mol. The van der Waals surface area contributed by atoms with Crippen LogP contribution < -0.4 is 5.49 Å². The highest BCUT2D eigenvalue weighted by Crippen LogP contribution is 2.21. The molecular formula is C10H18FN3.